The molecular formula is C69H38ClN5OS2. The van der Waals surface area contributed by atoms with Gasteiger partial charge in [-0.15, -0.1) is 22.7 Å². The minimum atomic E-state index is 0.241. The van der Waals surface area contributed by atoms with E-state index in [2.05, 4.69) is 205 Å². The molecule has 0 amide bonds. The first-order valence-electron chi connectivity index (χ1n) is 26.0. The number of furan rings is 1. The molecule has 0 saturated carbocycles. The summed E-state index contributed by atoms with van der Waals surface area (Å²) in [4.78, 5) is 21.1. The van der Waals surface area contributed by atoms with Gasteiger partial charge in [-0.25, -0.2) is 19.9 Å². The van der Waals surface area contributed by atoms with Gasteiger partial charge in [0.25, 0.3) is 0 Å². The normalized spacial score (nSPS) is 12.2. The monoisotopic (exact) mass is 1050 g/mol. The Morgan fingerprint density at radius 3 is 1.94 bits per heavy atom. The standard InChI is InChI=1S/C69H38ClN5OS2/c70-68-71-60(40-16-3-1-4-17-40)67-63(72-68)57-43(20-13-28-56(57)78-67)35-38-29-32-48-52(36-38)46-22-9-10-23-47(46)59-51-26-14-25-45(42-30-33-49-54(37-42)76-53-34-31-39-15-7-8-21-44(39)58(49)53)64(51)75(65(48)59)69-73-61(41-18-5-2-6-19-41)66-62(74-69)50-24-11-12-27-55(50)77-66/h1-34,36-37H,35H2. The van der Waals surface area contributed by atoms with Crippen LogP contribution in [0.4, 0.5) is 0 Å². The highest BCUT2D eigenvalue weighted by atomic mass is 35.5. The summed E-state index contributed by atoms with van der Waals surface area (Å²) in [6, 6.07) is 78.1. The number of benzene rings is 11. The van der Waals surface area contributed by atoms with Crippen molar-refractivity contribution in [3.63, 3.8) is 0 Å². The van der Waals surface area contributed by atoms with E-state index in [-0.39, 0.29) is 5.28 Å². The molecule has 6 nitrogen and oxygen atoms in total. The fourth-order valence-electron chi connectivity index (χ4n) is 12.4. The van der Waals surface area contributed by atoms with Gasteiger partial charge in [0, 0.05) is 63.8 Å². The van der Waals surface area contributed by atoms with E-state index in [0.717, 1.165) is 129 Å². The molecule has 6 aromatic heterocycles. The van der Waals surface area contributed by atoms with Crippen molar-refractivity contribution in [2.24, 2.45) is 0 Å². The van der Waals surface area contributed by atoms with Gasteiger partial charge < -0.3 is 4.42 Å². The third kappa shape index (κ3) is 6.48. The molecule has 0 aliphatic rings. The van der Waals surface area contributed by atoms with E-state index in [0.29, 0.717) is 12.4 Å². The van der Waals surface area contributed by atoms with Crippen molar-refractivity contribution in [3.05, 3.63) is 235 Å². The van der Waals surface area contributed by atoms with Gasteiger partial charge >= 0.3 is 0 Å². The largest absolute Gasteiger partial charge is 0.456 e. The molecule has 17 aromatic rings. The number of halogens is 1. The first-order valence-corrected chi connectivity index (χ1v) is 28.0. The molecule has 0 bridgehead atoms. The van der Waals surface area contributed by atoms with Crippen LogP contribution in [0, 0.1) is 0 Å². The Kier molecular flexibility index (Phi) is 9.48. The molecule has 0 aliphatic heterocycles. The lowest BCUT2D eigenvalue weighted by Gasteiger charge is -2.15. The lowest BCUT2D eigenvalue weighted by Crippen LogP contribution is -2.04. The molecular weight excluding hydrogens is 1010 g/mol. The Labute approximate surface area is 457 Å². The zero-order chi connectivity index (χ0) is 51.2. The first-order chi connectivity index (χ1) is 38.6. The number of hydrogen-bond donors (Lipinski definition) is 0. The maximum atomic E-state index is 6.75. The molecule has 0 fully saturated rings. The summed E-state index contributed by atoms with van der Waals surface area (Å²) < 4.78 is 13.5. The van der Waals surface area contributed by atoms with Crippen LogP contribution in [-0.2, 0) is 6.42 Å². The van der Waals surface area contributed by atoms with E-state index in [1.807, 2.05) is 18.2 Å². The van der Waals surface area contributed by atoms with Crippen LogP contribution < -0.4 is 0 Å². The lowest BCUT2D eigenvalue weighted by atomic mass is 9.93. The van der Waals surface area contributed by atoms with Gasteiger partial charge in [0.05, 0.1) is 42.9 Å². The van der Waals surface area contributed by atoms with E-state index in [4.69, 9.17) is 36.0 Å². The average molecular weight is 1050 g/mol. The topological polar surface area (TPSA) is 69.6 Å². The van der Waals surface area contributed by atoms with Crippen LogP contribution in [0.3, 0.4) is 0 Å². The highest BCUT2D eigenvalue weighted by Gasteiger charge is 2.26. The second-order valence-electron chi connectivity index (χ2n) is 20.1. The lowest BCUT2D eigenvalue weighted by molar-refractivity contribution is 0.669. The van der Waals surface area contributed by atoms with Gasteiger partial charge in [-0.05, 0) is 92.0 Å². The summed E-state index contributed by atoms with van der Waals surface area (Å²) in [5.74, 6) is 0.612. The number of fused-ring (bicyclic) bond motifs is 19. The van der Waals surface area contributed by atoms with Crippen LogP contribution in [0.2, 0.25) is 5.28 Å². The molecule has 78 heavy (non-hydrogen) atoms. The minimum Gasteiger partial charge on any atom is -0.456 e. The van der Waals surface area contributed by atoms with Crippen LogP contribution in [0.25, 0.3) is 156 Å². The number of para-hydroxylation sites is 1. The predicted octanol–water partition coefficient (Wildman–Crippen LogP) is 19.7. The molecule has 0 unspecified atom stereocenters. The number of aromatic nitrogens is 5. The maximum absolute atomic E-state index is 6.75. The Morgan fingerprint density at radius 2 is 1.09 bits per heavy atom. The maximum Gasteiger partial charge on any atom is 0.235 e. The molecule has 6 heterocycles. The van der Waals surface area contributed by atoms with Crippen molar-refractivity contribution < 1.29 is 4.42 Å². The molecule has 0 atom stereocenters. The molecule has 0 saturated heterocycles. The Balaban J connectivity index is 0.949. The second kappa shape index (κ2) is 16.8. The zero-order valence-electron chi connectivity index (χ0n) is 41.3. The highest BCUT2D eigenvalue weighted by Crippen LogP contribution is 2.48. The van der Waals surface area contributed by atoms with Crippen LogP contribution in [0.1, 0.15) is 11.1 Å². The number of rotatable bonds is 6. The third-order valence-electron chi connectivity index (χ3n) is 15.8. The SMILES string of the molecule is Clc1nc(-c2ccccc2)c2sc3cccc(Cc4ccc5c(c4)c4ccccc4c4c6cccc(-c7ccc8c(c7)oc7ccc9ccccc9c78)c6n(-c6nc(-c7ccccc7)c7sc8ccccc8c7n6)c54)c3c2n1. The molecule has 364 valence electrons. The van der Waals surface area contributed by atoms with Gasteiger partial charge in [0.15, 0.2) is 0 Å². The van der Waals surface area contributed by atoms with E-state index < -0.39 is 0 Å². The molecule has 17 rings (SSSR count). The van der Waals surface area contributed by atoms with Crippen LogP contribution in [0.5, 0.6) is 0 Å². The fraction of sp³-hybridized carbons (Fsp3) is 0.0145. The minimum absolute atomic E-state index is 0.241. The van der Waals surface area contributed by atoms with Crippen LogP contribution in [-0.4, -0.2) is 24.5 Å². The van der Waals surface area contributed by atoms with Crippen molar-refractivity contribution in [3.8, 4) is 39.6 Å². The Hall–Kier alpha value is -9.31. The molecule has 0 radical (unpaired) electrons. The molecule has 9 heteroatoms. The summed E-state index contributed by atoms with van der Waals surface area (Å²) in [6.07, 6.45) is 0.687. The smallest absolute Gasteiger partial charge is 0.235 e. The average Bonchev–Trinajstić information content (AvgIpc) is 4.35. The van der Waals surface area contributed by atoms with Crippen LogP contribution in [0.15, 0.2) is 223 Å². The van der Waals surface area contributed by atoms with Crippen molar-refractivity contribution in [2.75, 3.05) is 0 Å². The Morgan fingerprint density at radius 1 is 0.410 bits per heavy atom. The highest BCUT2D eigenvalue weighted by molar-refractivity contribution is 7.26. The summed E-state index contributed by atoms with van der Waals surface area (Å²) >= 11 is 10.2. The summed E-state index contributed by atoms with van der Waals surface area (Å²) in [7, 11) is 0. The van der Waals surface area contributed by atoms with Gasteiger partial charge in [-0.2, -0.15) is 0 Å². The summed E-state index contributed by atoms with van der Waals surface area (Å²) in [5.41, 5.74) is 13.9. The Bertz CT molecular complexity index is 5390. The fourth-order valence-corrected chi connectivity index (χ4v) is 15.0. The number of hydrogen-bond acceptors (Lipinski definition) is 7. The van der Waals surface area contributed by atoms with E-state index in [9.17, 15) is 0 Å². The molecule has 0 aliphatic carbocycles. The number of nitrogens with zero attached hydrogens (tertiary/aromatic N) is 5. The molecule has 11 aromatic carbocycles. The summed E-state index contributed by atoms with van der Waals surface area (Å²) in [6.45, 7) is 0. The molecule has 0 N–H and O–H groups in total. The third-order valence-corrected chi connectivity index (χ3v) is 18.3. The van der Waals surface area contributed by atoms with Gasteiger partial charge in [0.2, 0.25) is 11.2 Å². The van der Waals surface area contributed by atoms with Gasteiger partial charge in [-0.1, -0.05) is 188 Å². The van der Waals surface area contributed by atoms with Crippen molar-refractivity contribution in [1.29, 1.82) is 0 Å². The van der Waals surface area contributed by atoms with Crippen LogP contribution >= 0.6 is 34.3 Å². The molecule has 0 spiro atoms. The van der Waals surface area contributed by atoms with Gasteiger partial charge in [0.1, 0.15) is 11.2 Å². The van der Waals surface area contributed by atoms with E-state index in [1.165, 1.54) is 32.0 Å². The predicted molar refractivity (Wildman–Crippen MR) is 328 cm³/mol. The number of thiophene rings is 2. The van der Waals surface area contributed by atoms with Crippen molar-refractivity contribution >= 4 is 151 Å². The van der Waals surface area contributed by atoms with Gasteiger partial charge in [-0.3, -0.25) is 4.57 Å². The van der Waals surface area contributed by atoms with Crippen molar-refractivity contribution in [2.45, 2.75) is 6.42 Å². The first kappa shape index (κ1) is 43.9. The quantitative estimate of drug-likeness (QED) is 0.123. The second-order valence-corrected chi connectivity index (χ2v) is 22.6. The zero-order valence-corrected chi connectivity index (χ0v) is 43.7. The van der Waals surface area contributed by atoms with E-state index >= 15 is 0 Å². The van der Waals surface area contributed by atoms with E-state index in [1.54, 1.807) is 22.7 Å². The van der Waals surface area contributed by atoms with Crippen molar-refractivity contribution in [1.82, 2.24) is 24.5 Å². The summed E-state index contributed by atoms with van der Waals surface area (Å²) in [5, 5.41) is 13.9.